The third-order valence-corrected chi connectivity index (χ3v) is 5.88. The Kier molecular flexibility index (Phi) is 7.25. The molecule has 3 aromatic carbocycles. The summed E-state index contributed by atoms with van der Waals surface area (Å²) in [5.41, 5.74) is 3.17. The van der Waals surface area contributed by atoms with Crippen LogP contribution in [0, 0.1) is 0 Å². The predicted octanol–water partition coefficient (Wildman–Crippen LogP) is 5.89. The molecule has 174 valence electrons. The molecular weight excluding hydrogens is 420 g/mol. The van der Waals surface area contributed by atoms with E-state index in [2.05, 4.69) is 0 Å². The van der Waals surface area contributed by atoms with Gasteiger partial charge < -0.3 is 28.4 Å². The van der Waals surface area contributed by atoms with E-state index >= 15 is 0 Å². The van der Waals surface area contributed by atoms with Gasteiger partial charge in [-0.2, -0.15) is 0 Å². The first-order valence-corrected chi connectivity index (χ1v) is 11.0. The highest BCUT2D eigenvalue weighted by atomic mass is 16.5. The lowest BCUT2D eigenvalue weighted by Gasteiger charge is -2.19. The van der Waals surface area contributed by atoms with Crippen molar-refractivity contribution in [2.75, 3.05) is 28.4 Å². The molecule has 1 aliphatic heterocycles. The van der Waals surface area contributed by atoms with Crippen molar-refractivity contribution in [2.24, 2.45) is 0 Å². The first-order chi connectivity index (χ1) is 16.2. The second kappa shape index (κ2) is 10.5. The zero-order valence-electron chi connectivity index (χ0n) is 19.5. The van der Waals surface area contributed by atoms with Crippen molar-refractivity contribution in [3.63, 3.8) is 0 Å². The Bertz CT molecular complexity index is 1040. The molecule has 6 heteroatoms. The molecule has 1 fully saturated rings. The minimum absolute atomic E-state index is 0.0360. The number of hydrogen-bond acceptors (Lipinski definition) is 6. The number of rotatable bonds is 9. The Labute approximate surface area is 195 Å². The summed E-state index contributed by atoms with van der Waals surface area (Å²) >= 11 is 0. The van der Waals surface area contributed by atoms with Gasteiger partial charge in [0.25, 0.3) is 0 Å². The highest BCUT2D eigenvalue weighted by Gasteiger charge is 2.30. The average Bonchev–Trinajstić information content (AvgIpc) is 3.37. The van der Waals surface area contributed by atoms with E-state index in [4.69, 9.17) is 28.4 Å². The SMILES string of the molecule is COc1cc(C2CCC(c3cc(OC)c(OC)c(OC)c3)O2)ccc1OCc1ccccc1. The first kappa shape index (κ1) is 22.8. The molecule has 1 heterocycles. The van der Waals surface area contributed by atoms with Crippen LogP contribution in [0.5, 0.6) is 28.7 Å². The normalized spacial score (nSPS) is 17.5. The van der Waals surface area contributed by atoms with Crippen LogP contribution in [0.2, 0.25) is 0 Å². The standard InChI is InChI=1S/C27H30O6/c1-28-24-14-19(10-11-23(24)32-17-18-8-6-5-7-9-18)21-12-13-22(33-21)20-15-25(29-2)27(31-4)26(16-20)30-3/h5-11,14-16,21-22H,12-13,17H2,1-4H3. The Balaban J connectivity index is 1.49. The van der Waals surface area contributed by atoms with Gasteiger partial charge in [-0.15, -0.1) is 0 Å². The molecule has 2 unspecified atom stereocenters. The van der Waals surface area contributed by atoms with Gasteiger partial charge >= 0.3 is 0 Å². The van der Waals surface area contributed by atoms with Gasteiger partial charge in [0.15, 0.2) is 23.0 Å². The van der Waals surface area contributed by atoms with Crippen LogP contribution in [-0.4, -0.2) is 28.4 Å². The molecule has 1 saturated heterocycles. The molecule has 0 amide bonds. The zero-order valence-corrected chi connectivity index (χ0v) is 19.5. The van der Waals surface area contributed by atoms with Gasteiger partial charge in [-0.1, -0.05) is 36.4 Å². The van der Waals surface area contributed by atoms with E-state index in [9.17, 15) is 0 Å². The van der Waals surface area contributed by atoms with Crippen LogP contribution in [0.25, 0.3) is 0 Å². The lowest BCUT2D eigenvalue weighted by atomic mass is 10.0. The molecular formula is C27H30O6. The zero-order chi connectivity index (χ0) is 23.2. The van der Waals surface area contributed by atoms with Gasteiger partial charge in [0.05, 0.1) is 40.6 Å². The predicted molar refractivity (Wildman–Crippen MR) is 126 cm³/mol. The summed E-state index contributed by atoms with van der Waals surface area (Å²) in [5, 5.41) is 0. The van der Waals surface area contributed by atoms with Crippen molar-refractivity contribution in [3.8, 4) is 28.7 Å². The summed E-state index contributed by atoms with van der Waals surface area (Å²) in [4.78, 5) is 0. The van der Waals surface area contributed by atoms with Gasteiger partial charge in [0.2, 0.25) is 5.75 Å². The topological polar surface area (TPSA) is 55.4 Å². The van der Waals surface area contributed by atoms with E-state index in [0.717, 1.165) is 29.5 Å². The lowest BCUT2D eigenvalue weighted by molar-refractivity contribution is 0.0436. The lowest BCUT2D eigenvalue weighted by Crippen LogP contribution is -2.03. The number of methoxy groups -OCH3 is 4. The highest BCUT2D eigenvalue weighted by molar-refractivity contribution is 5.54. The molecule has 4 rings (SSSR count). The van der Waals surface area contributed by atoms with E-state index in [0.29, 0.717) is 35.4 Å². The third-order valence-electron chi connectivity index (χ3n) is 5.88. The van der Waals surface area contributed by atoms with E-state index < -0.39 is 0 Å². The van der Waals surface area contributed by atoms with E-state index in [1.54, 1.807) is 28.4 Å². The van der Waals surface area contributed by atoms with E-state index in [1.807, 2.05) is 60.7 Å². The molecule has 0 spiro atoms. The van der Waals surface area contributed by atoms with Crippen molar-refractivity contribution < 1.29 is 28.4 Å². The Morgan fingerprint density at radius 3 is 1.88 bits per heavy atom. The molecule has 6 nitrogen and oxygen atoms in total. The van der Waals surface area contributed by atoms with E-state index in [-0.39, 0.29) is 12.2 Å². The summed E-state index contributed by atoms with van der Waals surface area (Å²) in [6.07, 6.45) is 1.68. The quantitative estimate of drug-likeness (QED) is 0.405. The maximum absolute atomic E-state index is 6.43. The Morgan fingerprint density at radius 2 is 1.27 bits per heavy atom. The largest absolute Gasteiger partial charge is 0.493 e. The minimum atomic E-state index is -0.0660. The molecule has 0 radical (unpaired) electrons. The monoisotopic (exact) mass is 450 g/mol. The second-order valence-electron chi connectivity index (χ2n) is 7.83. The maximum atomic E-state index is 6.43. The van der Waals surface area contributed by atoms with Crippen molar-refractivity contribution >= 4 is 0 Å². The summed E-state index contributed by atoms with van der Waals surface area (Å²) < 4.78 is 34.5. The van der Waals surface area contributed by atoms with Gasteiger partial charge in [-0.25, -0.2) is 0 Å². The number of hydrogen-bond donors (Lipinski definition) is 0. The van der Waals surface area contributed by atoms with Crippen LogP contribution in [0.15, 0.2) is 60.7 Å². The van der Waals surface area contributed by atoms with Crippen LogP contribution < -0.4 is 23.7 Å². The molecule has 33 heavy (non-hydrogen) atoms. The maximum Gasteiger partial charge on any atom is 0.203 e. The van der Waals surface area contributed by atoms with Crippen molar-refractivity contribution in [3.05, 3.63) is 77.4 Å². The smallest absolute Gasteiger partial charge is 0.203 e. The highest BCUT2D eigenvalue weighted by Crippen LogP contribution is 2.46. The van der Waals surface area contributed by atoms with Crippen LogP contribution in [0.4, 0.5) is 0 Å². The fourth-order valence-corrected chi connectivity index (χ4v) is 4.15. The Hall–Kier alpha value is -3.38. The second-order valence-corrected chi connectivity index (χ2v) is 7.83. The molecule has 1 aliphatic rings. The number of ether oxygens (including phenoxy) is 6. The molecule has 0 bridgehead atoms. The van der Waals surface area contributed by atoms with Gasteiger partial charge in [0, 0.05) is 0 Å². The van der Waals surface area contributed by atoms with Gasteiger partial charge in [-0.3, -0.25) is 0 Å². The van der Waals surface area contributed by atoms with Gasteiger partial charge in [0.1, 0.15) is 6.61 Å². The van der Waals surface area contributed by atoms with Crippen LogP contribution >= 0.6 is 0 Å². The third kappa shape index (κ3) is 5.01. The summed E-state index contributed by atoms with van der Waals surface area (Å²) in [6.45, 7) is 0.486. The van der Waals surface area contributed by atoms with Crippen LogP contribution in [-0.2, 0) is 11.3 Å². The van der Waals surface area contributed by atoms with E-state index in [1.165, 1.54) is 0 Å². The fourth-order valence-electron chi connectivity index (χ4n) is 4.15. The van der Waals surface area contributed by atoms with Crippen molar-refractivity contribution in [1.82, 2.24) is 0 Å². The minimum Gasteiger partial charge on any atom is -0.493 e. The summed E-state index contributed by atoms with van der Waals surface area (Å²) in [7, 11) is 6.49. The van der Waals surface area contributed by atoms with Crippen molar-refractivity contribution in [2.45, 2.75) is 31.7 Å². The molecule has 3 aromatic rings. The van der Waals surface area contributed by atoms with Gasteiger partial charge in [-0.05, 0) is 53.8 Å². The molecule has 0 saturated carbocycles. The molecule has 0 aliphatic carbocycles. The average molecular weight is 451 g/mol. The van der Waals surface area contributed by atoms with Crippen LogP contribution in [0.1, 0.15) is 41.7 Å². The Morgan fingerprint density at radius 1 is 0.667 bits per heavy atom. The molecule has 0 N–H and O–H groups in total. The van der Waals surface area contributed by atoms with Crippen LogP contribution in [0.3, 0.4) is 0 Å². The fraction of sp³-hybridized carbons (Fsp3) is 0.333. The molecule has 2 atom stereocenters. The van der Waals surface area contributed by atoms with Crippen molar-refractivity contribution in [1.29, 1.82) is 0 Å². The number of benzene rings is 3. The summed E-state index contributed by atoms with van der Waals surface area (Å²) in [5.74, 6) is 3.24. The summed E-state index contributed by atoms with van der Waals surface area (Å²) in [6, 6.07) is 20.0. The first-order valence-electron chi connectivity index (χ1n) is 11.0. The molecule has 0 aromatic heterocycles.